The fourth-order valence-corrected chi connectivity index (χ4v) is 5.10. The van der Waals surface area contributed by atoms with Crippen LogP contribution in [-0.4, -0.2) is 10.9 Å². The van der Waals surface area contributed by atoms with E-state index in [0.29, 0.717) is 21.0 Å². The number of benzene rings is 2. The van der Waals surface area contributed by atoms with Gasteiger partial charge in [-0.2, -0.15) is 0 Å². The van der Waals surface area contributed by atoms with Crippen LogP contribution in [0.1, 0.15) is 20.8 Å². The standard InChI is InChI=1S/C20H14BrNO2S2/c1-11-4-7-15(23)13(9-11)18-20(19(24)16-3-2-8-25-16)26-17-10-12(21)5-6-14(17)22-18/h2-10,22-23H,1H3. The predicted molar refractivity (Wildman–Crippen MR) is 112 cm³/mol. The van der Waals surface area contributed by atoms with E-state index in [1.807, 2.05) is 54.8 Å². The van der Waals surface area contributed by atoms with Crippen LogP contribution < -0.4 is 5.32 Å². The highest BCUT2D eigenvalue weighted by Crippen LogP contribution is 2.46. The first-order valence-corrected chi connectivity index (χ1v) is 10.4. The van der Waals surface area contributed by atoms with Crippen molar-refractivity contribution in [3.8, 4) is 5.75 Å². The molecule has 0 unspecified atom stereocenters. The number of aromatic hydroxyl groups is 1. The molecule has 3 nitrogen and oxygen atoms in total. The summed E-state index contributed by atoms with van der Waals surface area (Å²) < 4.78 is 0.954. The zero-order chi connectivity index (χ0) is 18.3. The Labute approximate surface area is 167 Å². The molecule has 0 amide bonds. The van der Waals surface area contributed by atoms with Crippen LogP contribution in [0.15, 0.2) is 68.2 Å². The van der Waals surface area contributed by atoms with Gasteiger partial charge in [0.2, 0.25) is 5.78 Å². The van der Waals surface area contributed by atoms with Crippen molar-refractivity contribution in [2.24, 2.45) is 0 Å². The Morgan fingerprint density at radius 1 is 1.15 bits per heavy atom. The topological polar surface area (TPSA) is 49.3 Å². The molecule has 0 fully saturated rings. The first kappa shape index (κ1) is 17.4. The molecule has 2 aromatic carbocycles. The van der Waals surface area contributed by atoms with Gasteiger partial charge >= 0.3 is 0 Å². The third-order valence-corrected chi connectivity index (χ3v) is 6.53. The lowest BCUT2D eigenvalue weighted by Crippen LogP contribution is -2.13. The van der Waals surface area contributed by atoms with Gasteiger partial charge in [0.15, 0.2) is 0 Å². The lowest BCUT2D eigenvalue weighted by atomic mass is 10.0. The predicted octanol–water partition coefficient (Wildman–Crippen LogP) is 6.29. The van der Waals surface area contributed by atoms with Gasteiger partial charge in [-0.3, -0.25) is 4.79 Å². The van der Waals surface area contributed by atoms with Gasteiger partial charge in [0, 0.05) is 14.9 Å². The van der Waals surface area contributed by atoms with Crippen molar-refractivity contribution in [3.63, 3.8) is 0 Å². The lowest BCUT2D eigenvalue weighted by molar-refractivity contribution is 0.104. The number of carbonyl (C=O) groups is 1. The highest BCUT2D eigenvalue weighted by molar-refractivity contribution is 9.10. The van der Waals surface area contributed by atoms with E-state index in [0.717, 1.165) is 20.6 Å². The van der Waals surface area contributed by atoms with Crippen LogP contribution in [0, 0.1) is 6.92 Å². The Morgan fingerprint density at radius 3 is 2.77 bits per heavy atom. The molecule has 1 aliphatic heterocycles. The molecule has 0 bridgehead atoms. The summed E-state index contributed by atoms with van der Waals surface area (Å²) >= 11 is 6.33. The number of anilines is 1. The van der Waals surface area contributed by atoms with E-state index in [-0.39, 0.29) is 11.5 Å². The van der Waals surface area contributed by atoms with Crippen LogP contribution >= 0.6 is 39.0 Å². The fraction of sp³-hybridized carbons (Fsp3) is 0.0500. The van der Waals surface area contributed by atoms with Gasteiger partial charge in [0.1, 0.15) is 5.75 Å². The van der Waals surface area contributed by atoms with E-state index in [1.165, 1.54) is 23.1 Å². The molecule has 26 heavy (non-hydrogen) atoms. The first-order chi connectivity index (χ1) is 12.5. The van der Waals surface area contributed by atoms with Crippen molar-refractivity contribution in [1.82, 2.24) is 0 Å². The van der Waals surface area contributed by atoms with Crippen LogP contribution in [0.2, 0.25) is 0 Å². The highest BCUT2D eigenvalue weighted by atomic mass is 79.9. The minimum absolute atomic E-state index is 0.0426. The molecule has 1 aliphatic rings. The van der Waals surface area contributed by atoms with Crippen molar-refractivity contribution in [1.29, 1.82) is 0 Å². The highest BCUT2D eigenvalue weighted by Gasteiger charge is 2.27. The summed E-state index contributed by atoms with van der Waals surface area (Å²) in [5.41, 5.74) is 3.20. The van der Waals surface area contributed by atoms with E-state index in [1.54, 1.807) is 6.07 Å². The van der Waals surface area contributed by atoms with Crippen LogP contribution in [-0.2, 0) is 0 Å². The smallest absolute Gasteiger partial charge is 0.211 e. The number of thiophene rings is 1. The number of allylic oxidation sites excluding steroid dienone is 1. The Morgan fingerprint density at radius 2 is 2.00 bits per heavy atom. The molecule has 6 heteroatoms. The monoisotopic (exact) mass is 443 g/mol. The van der Waals surface area contributed by atoms with Crippen molar-refractivity contribution < 1.29 is 9.90 Å². The second-order valence-electron chi connectivity index (χ2n) is 5.90. The summed E-state index contributed by atoms with van der Waals surface area (Å²) in [5.74, 6) is 0.106. The second kappa shape index (κ2) is 6.95. The molecule has 2 heterocycles. The molecular weight excluding hydrogens is 430 g/mol. The molecule has 0 saturated heterocycles. The maximum absolute atomic E-state index is 13.1. The average molecular weight is 444 g/mol. The molecular formula is C20H14BrNO2S2. The summed E-state index contributed by atoms with van der Waals surface area (Å²) in [7, 11) is 0. The average Bonchev–Trinajstić information content (AvgIpc) is 3.17. The Hall–Kier alpha value is -2.02. The van der Waals surface area contributed by atoms with Gasteiger partial charge in [0.25, 0.3) is 0 Å². The van der Waals surface area contributed by atoms with Gasteiger partial charge in [-0.05, 0) is 48.7 Å². The van der Waals surface area contributed by atoms with Crippen LogP contribution in [0.25, 0.3) is 5.70 Å². The third kappa shape index (κ3) is 3.20. The maximum atomic E-state index is 13.1. The summed E-state index contributed by atoms with van der Waals surface area (Å²) in [6.45, 7) is 1.96. The van der Waals surface area contributed by atoms with Crippen molar-refractivity contribution >= 4 is 56.2 Å². The van der Waals surface area contributed by atoms with Gasteiger partial charge in [-0.25, -0.2) is 0 Å². The number of hydrogen-bond donors (Lipinski definition) is 2. The lowest BCUT2D eigenvalue weighted by Gasteiger charge is -2.24. The van der Waals surface area contributed by atoms with E-state index in [4.69, 9.17) is 0 Å². The first-order valence-electron chi connectivity index (χ1n) is 7.90. The Kier molecular flexibility index (Phi) is 4.65. The number of carbonyl (C=O) groups excluding carboxylic acids is 1. The molecule has 0 spiro atoms. The quantitative estimate of drug-likeness (QED) is 0.466. The molecule has 0 aliphatic carbocycles. The van der Waals surface area contributed by atoms with Crippen LogP contribution in [0.5, 0.6) is 5.75 Å². The number of thioether (sulfide) groups is 1. The molecule has 3 aromatic rings. The van der Waals surface area contributed by atoms with Crippen molar-refractivity contribution in [2.75, 3.05) is 5.32 Å². The fourth-order valence-electron chi connectivity index (χ4n) is 2.76. The number of nitrogens with one attached hydrogen (secondary N) is 1. The number of aryl methyl sites for hydroxylation is 1. The number of Topliss-reactive ketones (excluding diaryl/α,β-unsaturated/α-hetero) is 1. The second-order valence-corrected chi connectivity index (χ2v) is 8.81. The maximum Gasteiger partial charge on any atom is 0.211 e. The van der Waals surface area contributed by atoms with E-state index in [9.17, 15) is 9.90 Å². The molecule has 0 radical (unpaired) electrons. The van der Waals surface area contributed by atoms with Gasteiger partial charge in [0.05, 0.1) is 21.2 Å². The molecule has 4 rings (SSSR count). The molecule has 130 valence electrons. The third-order valence-electron chi connectivity index (χ3n) is 4.01. The minimum atomic E-state index is -0.0426. The summed E-state index contributed by atoms with van der Waals surface area (Å²) in [6.07, 6.45) is 0. The number of fused-ring (bicyclic) bond motifs is 1. The molecule has 0 saturated carbocycles. The molecule has 1 aromatic heterocycles. The number of hydrogen-bond acceptors (Lipinski definition) is 5. The number of phenols is 1. The zero-order valence-electron chi connectivity index (χ0n) is 13.7. The van der Waals surface area contributed by atoms with E-state index >= 15 is 0 Å². The Bertz CT molecular complexity index is 1040. The number of rotatable bonds is 3. The van der Waals surface area contributed by atoms with Gasteiger partial charge in [-0.15, -0.1) is 11.3 Å². The van der Waals surface area contributed by atoms with Crippen molar-refractivity contribution in [2.45, 2.75) is 11.8 Å². The number of ketones is 1. The summed E-state index contributed by atoms with van der Waals surface area (Å²) in [6, 6.07) is 15.0. The largest absolute Gasteiger partial charge is 0.507 e. The summed E-state index contributed by atoms with van der Waals surface area (Å²) in [5, 5.41) is 15.7. The van der Waals surface area contributed by atoms with E-state index < -0.39 is 0 Å². The minimum Gasteiger partial charge on any atom is -0.507 e. The van der Waals surface area contributed by atoms with Crippen LogP contribution in [0.4, 0.5) is 5.69 Å². The summed E-state index contributed by atoms with van der Waals surface area (Å²) in [4.78, 5) is 15.4. The Balaban J connectivity index is 1.90. The SMILES string of the molecule is Cc1ccc(O)c(C2=C(C(=O)c3cccs3)Sc3cc(Br)ccc3N2)c1. The van der Waals surface area contributed by atoms with Gasteiger partial charge in [-0.1, -0.05) is 45.4 Å². The number of phenolic OH excluding ortho intramolecular Hbond substituents is 1. The van der Waals surface area contributed by atoms with Crippen molar-refractivity contribution in [3.05, 3.63) is 79.3 Å². The van der Waals surface area contributed by atoms with Gasteiger partial charge < -0.3 is 10.4 Å². The zero-order valence-corrected chi connectivity index (χ0v) is 17.0. The van der Waals surface area contributed by atoms with E-state index in [2.05, 4.69) is 21.2 Å². The van der Waals surface area contributed by atoms with Crippen LogP contribution in [0.3, 0.4) is 0 Å². The normalized spacial score (nSPS) is 13.3. The number of halogens is 1. The molecule has 2 N–H and O–H groups in total. The molecule has 0 atom stereocenters.